The van der Waals surface area contributed by atoms with Gasteiger partial charge >= 0.3 is 6.09 Å². The minimum Gasteiger partial charge on any atom is -0.444 e. The lowest BCUT2D eigenvalue weighted by Gasteiger charge is -2.27. The summed E-state index contributed by atoms with van der Waals surface area (Å²) < 4.78 is 16.5. The largest absolute Gasteiger partial charge is 0.444 e. The van der Waals surface area contributed by atoms with Crippen LogP contribution >= 0.6 is 0 Å². The smallest absolute Gasteiger partial charge is 0.410 e. The molecule has 0 aromatic carbocycles. The number of amides is 1. The first-order valence-corrected chi connectivity index (χ1v) is 8.14. The molecule has 1 aliphatic heterocycles. The standard InChI is InChI=1S/C16H27N3O4/c1-6-7-13-17-12(18-23-13)10-21-16(5)8-9-19(11-16)14(20)22-15(2,3)4/h6-11H2,1-5H3. The zero-order valence-electron chi connectivity index (χ0n) is 14.7. The van der Waals surface area contributed by atoms with Crippen molar-refractivity contribution in [2.75, 3.05) is 13.1 Å². The third-order valence-electron chi connectivity index (χ3n) is 3.61. The molecule has 0 radical (unpaired) electrons. The molecule has 23 heavy (non-hydrogen) atoms. The monoisotopic (exact) mass is 325 g/mol. The molecule has 7 heteroatoms. The second kappa shape index (κ2) is 6.86. The zero-order valence-corrected chi connectivity index (χ0v) is 14.7. The summed E-state index contributed by atoms with van der Waals surface area (Å²) in [6.07, 6.45) is 2.20. The van der Waals surface area contributed by atoms with Crippen LogP contribution in [0.15, 0.2) is 4.52 Å². The Morgan fingerprint density at radius 1 is 1.43 bits per heavy atom. The summed E-state index contributed by atoms with van der Waals surface area (Å²) in [5.41, 5.74) is -0.903. The fourth-order valence-corrected chi connectivity index (χ4v) is 2.44. The van der Waals surface area contributed by atoms with Gasteiger partial charge in [0, 0.05) is 13.0 Å². The van der Waals surface area contributed by atoms with Gasteiger partial charge in [-0.25, -0.2) is 4.79 Å². The molecule has 0 spiro atoms. The third-order valence-corrected chi connectivity index (χ3v) is 3.61. The normalized spacial score (nSPS) is 21.7. The Hall–Kier alpha value is -1.63. The molecule has 1 saturated heterocycles. The van der Waals surface area contributed by atoms with Crippen molar-refractivity contribution in [2.45, 2.75) is 71.7 Å². The van der Waals surface area contributed by atoms with Crippen molar-refractivity contribution >= 4 is 6.09 Å². The molecule has 1 aromatic rings. The summed E-state index contributed by atoms with van der Waals surface area (Å²) in [6.45, 7) is 11.0. The Labute approximate surface area is 137 Å². The zero-order chi connectivity index (χ0) is 17.1. The van der Waals surface area contributed by atoms with E-state index in [1.54, 1.807) is 4.90 Å². The third kappa shape index (κ3) is 5.20. The van der Waals surface area contributed by atoms with E-state index in [0.29, 0.717) is 24.8 Å². The molecule has 7 nitrogen and oxygen atoms in total. The maximum atomic E-state index is 12.1. The molecule has 2 heterocycles. The number of carbonyl (C=O) groups is 1. The number of carbonyl (C=O) groups excluding carboxylic acids is 1. The Morgan fingerprint density at radius 3 is 2.83 bits per heavy atom. The molecule has 130 valence electrons. The number of rotatable bonds is 5. The van der Waals surface area contributed by atoms with E-state index in [1.807, 2.05) is 27.7 Å². The number of aromatic nitrogens is 2. The van der Waals surface area contributed by atoms with Crippen LogP contribution in [0.1, 0.15) is 59.2 Å². The molecular formula is C16H27N3O4. The highest BCUT2D eigenvalue weighted by atomic mass is 16.6. The van der Waals surface area contributed by atoms with E-state index >= 15 is 0 Å². The molecule has 1 aromatic heterocycles. The molecule has 0 aliphatic carbocycles. The number of hydrogen-bond donors (Lipinski definition) is 0. The van der Waals surface area contributed by atoms with Crippen LogP contribution in [0.2, 0.25) is 0 Å². The minimum absolute atomic E-state index is 0.284. The van der Waals surface area contributed by atoms with Crippen molar-refractivity contribution in [3.63, 3.8) is 0 Å². The first kappa shape index (κ1) is 17.7. The number of nitrogens with zero attached hydrogens (tertiary/aromatic N) is 3. The summed E-state index contributed by atoms with van der Waals surface area (Å²) in [6, 6.07) is 0. The van der Waals surface area contributed by atoms with Crippen molar-refractivity contribution < 1.29 is 18.8 Å². The average Bonchev–Trinajstić information content (AvgIpc) is 3.03. The fraction of sp³-hybridized carbons (Fsp3) is 0.812. The Morgan fingerprint density at radius 2 is 2.17 bits per heavy atom. The van der Waals surface area contributed by atoms with Gasteiger partial charge in [0.05, 0.1) is 12.1 Å². The van der Waals surface area contributed by atoms with E-state index in [0.717, 1.165) is 19.3 Å². The quantitative estimate of drug-likeness (QED) is 0.828. The van der Waals surface area contributed by atoms with E-state index in [1.165, 1.54) is 0 Å². The topological polar surface area (TPSA) is 77.7 Å². The van der Waals surface area contributed by atoms with Gasteiger partial charge in [-0.15, -0.1) is 0 Å². The van der Waals surface area contributed by atoms with Gasteiger partial charge in [0.1, 0.15) is 12.2 Å². The Balaban J connectivity index is 1.84. The predicted molar refractivity (Wildman–Crippen MR) is 83.9 cm³/mol. The SMILES string of the molecule is CCCc1nc(COC2(C)CCN(C(=O)OC(C)(C)C)C2)no1. The second-order valence-electron chi connectivity index (χ2n) is 7.24. The summed E-state index contributed by atoms with van der Waals surface area (Å²) in [5, 5.41) is 3.91. The number of aryl methyl sites for hydroxylation is 1. The summed E-state index contributed by atoms with van der Waals surface area (Å²) >= 11 is 0. The van der Waals surface area contributed by atoms with E-state index in [9.17, 15) is 4.79 Å². The highest BCUT2D eigenvalue weighted by Gasteiger charge is 2.38. The van der Waals surface area contributed by atoms with E-state index in [-0.39, 0.29) is 12.7 Å². The maximum Gasteiger partial charge on any atom is 0.410 e. The molecule has 1 fully saturated rings. The number of ether oxygens (including phenoxy) is 2. The summed E-state index contributed by atoms with van der Waals surface area (Å²) in [5.74, 6) is 1.18. The van der Waals surface area contributed by atoms with Gasteiger partial charge < -0.3 is 18.9 Å². The fourth-order valence-electron chi connectivity index (χ4n) is 2.44. The van der Waals surface area contributed by atoms with Crippen LogP contribution in [0.25, 0.3) is 0 Å². The first-order chi connectivity index (χ1) is 10.7. The minimum atomic E-state index is -0.489. The maximum absolute atomic E-state index is 12.1. The van der Waals surface area contributed by atoms with Crippen LogP contribution in [0.5, 0.6) is 0 Å². The molecular weight excluding hydrogens is 298 g/mol. The Kier molecular flexibility index (Phi) is 5.29. The van der Waals surface area contributed by atoms with Crippen LogP contribution in [0.3, 0.4) is 0 Å². The molecule has 1 amide bonds. The second-order valence-corrected chi connectivity index (χ2v) is 7.24. The number of likely N-dealkylation sites (tertiary alicyclic amines) is 1. The summed E-state index contributed by atoms with van der Waals surface area (Å²) in [7, 11) is 0. The van der Waals surface area contributed by atoms with Gasteiger partial charge in [0.15, 0.2) is 5.82 Å². The predicted octanol–water partition coefficient (Wildman–Crippen LogP) is 2.94. The van der Waals surface area contributed by atoms with Crippen LogP contribution < -0.4 is 0 Å². The van der Waals surface area contributed by atoms with Crippen molar-refractivity contribution in [3.05, 3.63) is 11.7 Å². The van der Waals surface area contributed by atoms with Crippen LogP contribution in [-0.4, -0.2) is 45.4 Å². The molecule has 0 saturated carbocycles. The highest BCUT2D eigenvalue weighted by molar-refractivity contribution is 5.68. The lowest BCUT2D eigenvalue weighted by Crippen LogP contribution is -2.39. The molecule has 1 unspecified atom stereocenters. The van der Waals surface area contributed by atoms with Crippen molar-refractivity contribution in [1.29, 1.82) is 0 Å². The summed E-state index contributed by atoms with van der Waals surface area (Å²) in [4.78, 5) is 18.1. The van der Waals surface area contributed by atoms with Crippen molar-refractivity contribution in [2.24, 2.45) is 0 Å². The first-order valence-electron chi connectivity index (χ1n) is 8.14. The van der Waals surface area contributed by atoms with Crippen LogP contribution in [0, 0.1) is 0 Å². The van der Waals surface area contributed by atoms with E-state index in [4.69, 9.17) is 14.0 Å². The van der Waals surface area contributed by atoms with Crippen molar-refractivity contribution in [1.82, 2.24) is 15.0 Å². The van der Waals surface area contributed by atoms with Gasteiger partial charge in [-0.05, 0) is 40.5 Å². The van der Waals surface area contributed by atoms with Crippen molar-refractivity contribution in [3.8, 4) is 0 Å². The van der Waals surface area contributed by atoms with E-state index < -0.39 is 11.2 Å². The van der Waals surface area contributed by atoms with Gasteiger partial charge in [-0.3, -0.25) is 0 Å². The molecule has 0 bridgehead atoms. The average molecular weight is 325 g/mol. The Bertz CT molecular complexity index is 538. The van der Waals surface area contributed by atoms with Gasteiger partial charge in [-0.2, -0.15) is 4.98 Å². The molecule has 1 aliphatic rings. The van der Waals surface area contributed by atoms with Crippen LogP contribution in [-0.2, 0) is 22.5 Å². The van der Waals surface area contributed by atoms with Crippen LogP contribution in [0.4, 0.5) is 4.79 Å². The molecule has 2 rings (SSSR count). The number of hydrogen-bond acceptors (Lipinski definition) is 6. The van der Waals surface area contributed by atoms with Gasteiger partial charge in [-0.1, -0.05) is 12.1 Å². The van der Waals surface area contributed by atoms with Gasteiger partial charge in [0.25, 0.3) is 0 Å². The molecule has 1 atom stereocenters. The highest BCUT2D eigenvalue weighted by Crippen LogP contribution is 2.27. The lowest BCUT2D eigenvalue weighted by atomic mass is 10.1. The molecule has 0 N–H and O–H groups in total. The van der Waals surface area contributed by atoms with E-state index in [2.05, 4.69) is 17.1 Å². The lowest BCUT2D eigenvalue weighted by molar-refractivity contribution is -0.0405. The van der Waals surface area contributed by atoms with Gasteiger partial charge in [0.2, 0.25) is 5.89 Å².